The summed E-state index contributed by atoms with van der Waals surface area (Å²) in [6, 6.07) is 10.5. The van der Waals surface area contributed by atoms with Crippen LogP contribution in [0, 0.1) is 0 Å². The molecule has 9 heteroatoms. The molecule has 0 spiro atoms. The summed E-state index contributed by atoms with van der Waals surface area (Å²) < 4.78 is 10.9. The van der Waals surface area contributed by atoms with Crippen molar-refractivity contribution in [3.05, 3.63) is 61.3 Å². The second-order valence-electron chi connectivity index (χ2n) is 5.73. The van der Waals surface area contributed by atoms with E-state index < -0.39 is 5.25 Å². The summed E-state index contributed by atoms with van der Waals surface area (Å²) in [5.41, 5.74) is 1.65. The minimum atomic E-state index is -0.436. The Labute approximate surface area is 164 Å². The third-order valence-corrected chi connectivity index (χ3v) is 4.73. The number of anilines is 1. The SMILES string of the molecule is CC(Sc1nnc(-c2ccco2)c(-c2ccco2)n1)C(=O)Nc1ccncc1. The Balaban J connectivity index is 1.57. The lowest BCUT2D eigenvalue weighted by Crippen LogP contribution is -2.22. The van der Waals surface area contributed by atoms with E-state index in [1.165, 1.54) is 11.8 Å². The minimum absolute atomic E-state index is 0.172. The molecule has 0 radical (unpaired) electrons. The number of rotatable bonds is 6. The number of nitrogens with zero attached hydrogens (tertiary/aromatic N) is 4. The average Bonchev–Trinajstić information content (AvgIpc) is 3.43. The lowest BCUT2D eigenvalue weighted by Gasteiger charge is -2.11. The van der Waals surface area contributed by atoms with Crippen LogP contribution in [0.2, 0.25) is 0 Å². The van der Waals surface area contributed by atoms with Gasteiger partial charge in [-0.3, -0.25) is 9.78 Å². The van der Waals surface area contributed by atoms with Crippen molar-refractivity contribution in [1.82, 2.24) is 20.2 Å². The Morgan fingerprint density at radius 2 is 1.68 bits per heavy atom. The first-order valence-corrected chi connectivity index (χ1v) is 9.28. The molecule has 140 valence electrons. The summed E-state index contributed by atoms with van der Waals surface area (Å²) >= 11 is 1.20. The van der Waals surface area contributed by atoms with E-state index in [1.807, 2.05) is 0 Å². The topological polar surface area (TPSA) is 107 Å². The van der Waals surface area contributed by atoms with Crippen molar-refractivity contribution in [1.29, 1.82) is 0 Å². The molecule has 0 fully saturated rings. The Morgan fingerprint density at radius 1 is 1.00 bits per heavy atom. The summed E-state index contributed by atoms with van der Waals surface area (Å²) in [6.07, 6.45) is 6.34. The number of carbonyl (C=O) groups is 1. The van der Waals surface area contributed by atoms with Gasteiger partial charge in [-0.2, -0.15) is 0 Å². The van der Waals surface area contributed by atoms with E-state index in [4.69, 9.17) is 8.83 Å². The van der Waals surface area contributed by atoms with Crippen molar-refractivity contribution in [2.24, 2.45) is 0 Å². The number of thioether (sulfide) groups is 1. The van der Waals surface area contributed by atoms with Crippen LogP contribution in [0.25, 0.3) is 22.9 Å². The number of aromatic nitrogens is 4. The highest BCUT2D eigenvalue weighted by molar-refractivity contribution is 8.00. The maximum absolute atomic E-state index is 12.4. The van der Waals surface area contributed by atoms with Gasteiger partial charge < -0.3 is 14.2 Å². The van der Waals surface area contributed by atoms with Gasteiger partial charge in [0.1, 0.15) is 5.69 Å². The molecule has 1 atom stereocenters. The normalized spacial score (nSPS) is 11.9. The van der Waals surface area contributed by atoms with Gasteiger partial charge in [0, 0.05) is 18.1 Å². The number of nitrogens with one attached hydrogen (secondary N) is 1. The van der Waals surface area contributed by atoms with E-state index in [1.54, 1.807) is 68.2 Å². The van der Waals surface area contributed by atoms with E-state index >= 15 is 0 Å². The van der Waals surface area contributed by atoms with Gasteiger partial charge in [-0.1, -0.05) is 11.8 Å². The zero-order valence-electron chi connectivity index (χ0n) is 14.8. The number of hydrogen-bond donors (Lipinski definition) is 1. The highest BCUT2D eigenvalue weighted by Crippen LogP contribution is 2.31. The van der Waals surface area contributed by atoms with Gasteiger partial charge in [-0.25, -0.2) is 4.98 Å². The van der Waals surface area contributed by atoms with Gasteiger partial charge in [-0.05, 0) is 43.3 Å². The molecule has 0 aliphatic carbocycles. The maximum Gasteiger partial charge on any atom is 0.237 e. The van der Waals surface area contributed by atoms with E-state index in [9.17, 15) is 4.79 Å². The van der Waals surface area contributed by atoms with Gasteiger partial charge in [0.05, 0.1) is 17.8 Å². The van der Waals surface area contributed by atoms with Crippen LogP contribution in [0.4, 0.5) is 5.69 Å². The van der Waals surface area contributed by atoms with Gasteiger partial charge in [0.2, 0.25) is 11.1 Å². The molecule has 0 bridgehead atoms. The Bertz CT molecular complexity index is 1050. The van der Waals surface area contributed by atoms with E-state index in [0.29, 0.717) is 33.8 Å². The van der Waals surface area contributed by atoms with Crippen LogP contribution in [-0.2, 0) is 4.79 Å². The van der Waals surface area contributed by atoms with Crippen LogP contribution >= 0.6 is 11.8 Å². The molecule has 1 amide bonds. The maximum atomic E-state index is 12.4. The van der Waals surface area contributed by atoms with Crippen molar-refractivity contribution >= 4 is 23.4 Å². The lowest BCUT2D eigenvalue weighted by atomic mass is 10.2. The largest absolute Gasteiger partial charge is 0.463 e. The number of carbonyl (C=O) groups excluding carboxylic acids is 1. The van der Waals surface area contributed by atoms with Crippen LogP contribution in [0.5, 0.6) is 0 Å². The average molecular weight is 393 g/mol. The third-order valence-electron chi connectivity index (χ3n) is 3.78. The Kier molecular flexibility index (Phi) is 5.16. The predicted octanol–water partition coefficient (Wildman–Crippen LogP) is 3.91. The molecule has 8 nitrogen and oxygen atoms in total. The first kappa shape index (κ1) is 17.9. The molecule has 28 heavy (non-hydrogen) atoms. The first-order chi connectivity index (χ1) is 13.7. The predicted molar refractivity (Wildman–Crippen MR) is 103 cm³/mol. The van der Waals surface area contributed by atoms with Crippen molar-refractivity contribution in [2.45, 2.75) is 17.3 Å². The second kappa shape index (κ2) is 8.05. The van der Waals surface area contributed by atoms with Crippen LogP contribution in [-0.4, -0.2) is 31.3 Å². The third kappa shape index (κ3) is 3.94. The van der Waals surface area contributed by atoms with Gasteiger partial charge >= 0.3 is 0 Å². The highest BCUT2D eigenvalue weighted by Gasteiger charge is 2.21. The van der Waals surface area contributed by atoms with Crippen molar-refractivity contribution in [3.8, 4) is 22.9 Å². The molecule has 4 heterocycles. The molecular formula is C19H15N5O3S. The summed E-state index contributed by atoms with van der Waals surface area (Å²) in [5, 5.41) is 11.1. The second-order valence-corrected chi connectivity index (χ2v) is 7.04. The van der Waals surface area contributed by atoms with Crippen molar-refractivity contribution in [3.63, 3.8) is 0 Å². The van der Waals surface area contributed by atoms with Crippen LogP contribution in [0.1, 0.15) is 6.92 Å². The summed E-state index contributed by atoms with van der Waals surface area (Å²) in [4.78, 5) is 20.9. The van der Waals surface area contributed by atoms with E-state index in [2.05, 4.69) is 25.5 Å². The monoisotopic (exact) mass is 393 g/mol. The lowest BCUT2D eigenvalue weighted by molar-refractivity contribution is -0.115. The molecule has 4 aromatic rings. The molecule has 4 aromatic heterocycles. The highest BCUT2D eigenvalue weighted by atomic mass is 32.2. The fourth-order valence-electron chi connectivity index (χ4n) is 2.42. The molecule has 0 aliphatic heterocycles. The zero-order valence-corrected chi connectivity index (χ0v) is 15.6. The van der Waals surface area contributed by atoms with Gasteiger partial charge in [0.15, 0.2) is 17.2 Å². The van der Waals surface area contributed by atoms with Crippen LogP contribution in [0.3, 0.4) is 0 Å². The molecule has 1 unspecified atom stereocenters. The Morgan fingerprint density at radius 3 is 2.32 bits per heavy atom. The van der Waals surface area contributed by atoms with Crippen LogP contribution < -0.4 is 5.32 Å². The van der Waals surface area contributed by atoms with Gasteiger partial charge in [-0.15, -0.1) is 10.2 Å². The fourth-order valence-corrected chi connectivity index (χ4v) is 3.13. The van der Waals surface area contributed by atoms with Gasteiger partial charge in [0.25, 0.3) is 0 Å². The molecule has 1 N–H and O–H groups in total. The van der Waals surface area contributed by atoms with Crippen molar-refractivity contribution < 1.29 is 13.6 Å². The minimum Gasteiger partial charge on any atom is -0.463 e. The van der Waals surface area contributed by atoms with E-state index in [0.717, 1.165) is 0 Å². The summed E-state index contributed by atoms with van der Waals surface area (Å²) in [7, 11) is 0. The number of furan rings is 2. The number of hydrogen-bond acceptors (Lipinski definition) is 8. The molecule has 0 saturated carbocycles. The first-order valence-electron chi connectivity index (χ1n) is 8.41. The molecule has 4 rings (SSSR count). The number of pyridine rings is 1. The smallest absolute Gasteiger partial charge is 0.237 e. The molecule has 0 aromatic carbocycles. The van der Waals surface area contributed by atoms with E-state index in [-0.39, 0.29) is 5.91 Å². The van der Waals surface area contributed by atoms with Crippen LogP contribution in [0.15, 0.2) is 75.3 Å². The Hall–Kier alpha value is -3.46. The fraction of sp³-hybridized carbons (Fsp3) is 0.105. The quantitative estimate of drug-likeness (QED) is 0.491. The standard InChI is InChI=1S/C19H15N5O3S/c1-12(18(25)21-13-6-8-20-9-7-13)28-19-22-16(14-4-2-10-26-14)17(23-24-19)15-5-3-11-27-15/h2-12H,1H3,(H,20,21,25). The summed E-state index contributed by atoms with van der Waals surface area (Å²) in [6.45, 7) is 1.78. The van der Waals surface area contributed by atoms with Crippen molar-refractivity contribution in [2.75, 3.05) is 5.32 Å². The molecular weight excluding hydrogens is 378 g/mol. The molecule has 0 aliphatic rings. The molecule has 0 saturated heterocycles. The number of amides is 1. The summed E-state index contributed by atoms with van der Waals surface area (Å²) in [5.74, 6) is 0.901. The zero-order chi connectivity index (χ0) is 19.3.